The number of nitrogens with zero attached hydrogens (tertiary/aromatic N) is 4. The van der Waals surface area contributed by atoms with Gasteiger partial charge in [-0.3, -0.25) is 4.68 Å². The van der Waals surface area contributed by atoms with Crippen molar-refractivity contribution in [3.63, 3.8) is 0 Å². The highest BCUT2D eigenvalue weighted by atomic mass is 15.3. The molecule has 5 heteroatoms. The van der Waals surface area contributed by atoms with Crippen molar-refractivity contribution >= 4 is 5.95 Å². The fourth-order valence-corrected chi connectivity index (χ4v) is 0.737. The lowest BCUT2D eigenvalue weighted by molar-refractivity contribution is 0.586. The Morgan fingerprint density at radius 1 is 1.73 bits per heavy atom. The molecule has 1 heterocycles. The number of nitrogen functional groups attached to an aromatic ring is 1. The second-order valence-corrected chi connectivity index (χ2v) is 2.13. The van der Waals surface area contributed by atoms with E-state index in [0.717, 1.165) is 6.42 Å². The summed E-state index contributed by atoms with van der Waals surface area (Å²) in [6.45, 7) is 0.706. The van der Waals surface area contributed by atoms with Gasteiger partial charge in [0.25, 0.3) is 0 Å². The summed E-state index contributed by atoms with van der Waals surface area (Å²) in [6.07, 6.45) is 2.89. The molecule has 0 aliphatic heterocycles. The van der Waals surface area contributed by atoms with E-state index in [2.05, 4.69) is 16.2 Å². The minimum atomic E-state index is 0.280. The van der Waals surface area contributed by atoms with Crippen LogP contribution in [0.25, 0.3) is 0 Å². The zero-order valence-corrected chi connectivity index (χ0v) is 6.06. The van der Waals surface area contributed by atoms with Crippen LogP contribution < -0.4 is 5.73 Å². The predicted molar refractivity (Wildman–Crippen MR) is 39.3 cm³/mol. The molecule has 58 valence electrons. The Hall–Kier alpha value is -1.57. The van der Waals surface area contributed by atoms with Gasteiger partial charge in [0.15, 0.2) is 0 Å². The van der Waals surface area contributed by atoms with Gasteiger partial charge < -0.3 is 5.73 Å². The van der Waals surface area contributed by atoms with Crippen LogP contribution >= 0.6 is 0 Å². The molecule has 0 atom stereocenters. The topological polar surface area (TPSA) is 80.5 Å². The highest BCUT2D eigenvalue weighted by Crippen LogP contribution is 1.94. The fraction of sp³-hybridized carbons (Fsp3) is 0.500. The van der Waals surface area contributed by atoms with Crippen molar-refractivity contribution in [3.05, 3.63) is 6.33 Å². The van der Waals surface area contributed by atoms with Gasteiger partial charge in [0.05, 0.1) is 6.07 Å². The molecule has 5 nitrogen and oxygen atoms in total. The van der Waals surface area contributed by atoms with Gasteiger partial charge in [0.2, 0.25) is 5.95 Å². The SMILES string of the molecule is N#CCCCn1cnc(N)n1. The molecule has 0 unspecified atom stereocenters. The molecule has 0 aliphatic rings. The molecule has 0 bridgehead atoms. The zero-order chi connectivity index (χ0) is 8.10. The van der Waals surface area contributed by atoms with Crippen LogP contribution in [-0.4, -0.2) is 14.8 Å². The summed E-state index contributed by atoms with van der Waals surface area (Å²) in [7, 11) is 0. The number of nitrogens with two attached hydrogens (primary N) is 1. The number of hydrogen-bond donors (Lipinski definition) is 1. The van der Waals surface area contributed by atoms with Crippen molar-refractivity contribution < 1.29 is 0 Å². The Balaban J connectivity index is 2.34. The van der Waals surface area contributed by atoms with Gasteiger partial charge >= 0.3 is 0 Å². The minimum absolute atomic E-state index is 0.280. The van der Waals surface area contributed by atoms with Gasteiger partial charge in [0.1, 0.15) is 6.33 Å². The quantitative estimate of drug-likeness (QED) is 0.624. The van der Waals surface area contributed by atoms with Gasteiger partial charge in [-0.15, -0.1) is 5.10 Å². The van der Waals surface area contributed by atoms with E-state index in [-0.39, 0.29) is 5.95 Å². The first-order valence-corrected chi connectivity index (χ1v) is 3.35. The van der Waals surface area contributed by atoms with E-state index < -0.39 is 0 Å². The fourth-order valence-electron chi connectivity index (χ4n) is 0.737. The maximum atomic E-state index is 8.23. The second-order valence-electron chi connectivity index (χ2n) is 2.13. The second kappa shape index (κ2) is 3.56. The molecule has 0 saturated heterocycles. The van der Waals surface area contributed by atoms with Gasteiger partial charge in [-0.2, -0.15) is 5.26 Å². The first-order valence-electron chi connectivity index (χ1n) is 3.35. The number of hydrogen-bond acceptors (Lipinski definition) is 4. The summed E-state index contributed by atoms with van der Waals surface area (Å²) in [4.78, 5) is 3.74. The normalized spacial score (nSPS) is 9.36. The third-order valence-corrected chi connectivity index (χ3v) is 1.23. The molecule has 1 rings (SSSR count). The average Bonchev–Trinajstić information content (AvgIpc) is 2.37. The maximum Gasteiger partial charge on any atom is 0.239 e. The number of unbranched alkanes of at least 4 members (excludes halogenated alkanes) is 1. The Morgan fingerprint density at radius 3 is 3.09 bits per heavy atom. The van der Waals surface area contributed by atoms with Gasteiger partial charge in [-0.1, -0.05) is 0 Å². The van der Waals surface area contributed by atoms with E-state index in [4.69, 9.17) is 11.0 Å². The molecule has 0 aliphatic carbocycles. The molecule has 0 spiro atoms. The van der Waals surface area contributed by atoms with E-state index in [1.165, 1.54) is 0 Å². The zero-order valence-electron chi connectivity index (χ0n) is 6.06. The smallest absolute Gasteiger partial charge is 0.239 e. The van der Waals surface area contributed by atoms with Gasteiger partial charge in [-0.25, -0.2) is 4.98 Å². The number of nitriles is 1. The highest BCUT2D eigenvalue weighted by molar-refractivity contribution is 5.09. The van der Waals surface area contributed by atoms with E-state index >= 15 is 0 Å². The molecule has 0 amide bonds. The summed E-state index contributed by atoms with van der Waals surface area (Å²) in [5, 5.41) is 12.1. The third-order valence-electron chi connectivity index (χ3n) is 1.23. The molecule has 1 aromatic heterocycles. The Morgan fingerprint density at radius 2 is 2.55 bits per heavy atom. The number of aryl methyl sites for hydroxylation is 1. The molecule has 0 radical (unpaired) electrons. The lowest BCUT2D eigenvalue weighted by Crippen LogP contribution is -1.98. The Kier molecular flexibility index (Phi) is 2.44. The third kappa shape index (κ3) is 2.26. The lowest BCUT2D eigenvalue weighted by Gasteiger charge is -1.93. The molecule has 0 aromatic carbocycles. The van der Waals surface area contributed by atoms with Gasteiger partial charge in [0, 0.05) is 13.0 Å². The largest absolute Gasteiger partial charge is 0.367 e. The van der Waals surface area contributed by atoms with E-state index in [1.54, 1.807) is 11.0 Å². The van der Waals surface area contributed by atoms with Crippen LogP contribution in [0.2, 0.25) is 0 Å². The van der Waals surface area contributed by atoms with Crippen LogP contribution in [0.5, 0.6) is 0 Å². The number of aromatic nitrogens is 3. The van der Waals surface area contributed by atoms with Crippen LogP contribution in [0.4, 0.5) is 5.95 Å². The molecule has 0 fully saturated rings. The molecule has 11 heavy (non-hydrogen) atoms. The van der Waals surface area contributed by atoms with Crippen molar-refractivity contribution in [3.8, 4) is 6.07 Å². The number of rotatable bonds is 3. The van der Waals surface area contributed by atoms with Crippen molar-refractivity contribution in [1.82, 2.24) is 14.8 Å². The Bertz CT molecular complexity index is 258. The van der Waals surface area contributed by atoms with Crippen LogP contribution in [0.3, 0.4) is 0 Å². The van der Waals surface area contributed by atoms with Crippen molar-refractivity contribution in [2.75, 3.05) is 5.73 Å². The molecule has 2 N–H and O–H groups in total. The van der Waals surface area contributed by atoms with Crippen LogP contribution in [-0.2, 0) is 6.54 Å². The number of anilines is 1. The molecule has 1 aromatic rings. The average molecular weight is 151 g/mol. The summed E-state index contributed by atoms with van der Waals surface area (Å²) in [5.74, 6) is 0.280. The van der Waals surface area contributed by atoms with Gasteiger partial charge in [-0.05, 0) is 6.42 Å². The van der Waals surface area contributed by atoms with Crippen LogP contribution in [0.1, 0.15) is 12.8 Å². The molecule has 0 saturated carbocycles. The van der Waals surface area contributed by atoms with Crippen molar-refractivity contribution in [1.29, 1.82) is 5.26 Å². The summed E-state index contributed by atoms with van der Waals surface area (Å²) in [6, 6.07) is 2.05. The van der Waals surface area contributed by atoms with Crippen LogP contribution in [0.15, 0.2) is 6.33 Å². The molecular weight excluding hydrogens is 142 g/mol. The predicted octanol–water partition coefficient (Wildman–Crippen LogP) is 0.164. The summed E-state index contributed by atoms with van der Waals surface area (Å²) < 4.78 is 1.63. The van der Waals surface area contributed by atoms with E-state index in [9.17, 15) is 0 Å². The van der Waals surface area contributed by atoms with E-state index in [0.29, 0.717) is 13.0 Å². The van der Waals surface area contributed by atoms with E-state index in [1.807, 2.05) is 0 Å². The minimum Gasteiger partial charge on any atom is -0.367 e. The van der Waals surface area contributed by atoms with Crippen LogP contribution in [0, 0.1) is 11.3 Å². The Labute approximate surface area is 64.5 Å². The molecular formula is C6H9N5. The highest BCUT2D eigenvalue weighted by Gasteiger charge is 1.93. The van der Waals surface area contributed by atoms with Crippen molar-refractivity contribution in [2.45, 2.75) is 19.4 Å². The monoisotopic (exact) mass is 151 g/mol. The summed E-state index contributed by atoms with van der Waals surface area (Å²) >= 11 is 0. The lowest BCUT2D eigenvalue weighted by atomic mass is 10.3. The van der Waals surface area contributed by atoms with Crippen molar-refractivity contribution in [2.24, 2.45) is 0 Å². The summed E-state index contributed by atoms with van der Waals surface area (Å²) in [5.41, 5.74) is 5.27. The standard InChI is InChI=1S/C6H9N5/c7-3-1-2-4-11-5-9-6(8)10-11/h5H,1-2,4H2,(H2,8,10). The maximum absolute atomic E-state index is 8.23. The first kappa shape index (κ1) is 7.54. The first-order chi connectivity index (χ1) is 5.33.